The summed E-state index contributed by atoms with van der Waals surface area (Å²) in [6.45, 7) is 8.97. The van der Waals surface area contributed by atoms with Crippen molar-refractivity contribution < 1.29 is 0 Å². The molecule has 0 aliphatic heterocycles. The zero-order chi connectivity index (χ0) is 37.0. The van der Waals surface area contributed by atoms with Gasteiger partial charge in [0.15, 0.2) is 0 Å². The van der Waals surface area contributed by atoms with E-state index in [4.69, 9.17) is 4.99 Å². The Labute approximate surface area is 323 Å². The van der Waals surface area contributed by atoms with E-state index in [1.54, 1.807) is 0 Å². The van der Waals surface area contributed by atoms with Crippen LogP contribution in [-0.4, -0.2) is 17.0 Å². The highest BCUT2D eigenvalue weighted by Gasteiger charge is 2.24. The maximum atomic E-state index is 5.56. The van der Waals surface area contributed by atoms with Crippen LogP contribution < -0.4 is 0 Å². The molecule has 0 radical (unpaired) electrons. The molecule has 0 spiro atoms. The summed E-state index contributed by atoms with van der Waals surface area (Å²) in [6.07, 6.45) is 13.0. The monoisotopic (exact) mass is 709 g/mol. The topological polar surface area (TPSA) is 29.6 Å². The summed E-state index contributed by atoms with van der Waals surface area (Å²) in [6, 6.07) is 44.8. The average Bonchev–Trinajstić information content (AvgIpc) is 3.77. The molecule has 3 nitrogen and oxygen atoms in total. The Balaban J connectivity index is 1.12. The van der Waals surface area contributed by atoms with Crippen molar-refractivity contribution >= 4 is 50.6 Å². The van der Waals surface area contributed by atoms with Crippen LogP contribution in [0.2, 0.25) is 0 Å². The lowest BCUT2D eigenvalue weighted by Crippen LogP contribution is -2.15. The van der Waals surface area contributed by atoms with Gasteiger partial charge in [-0.2, -0.15) is 0 Å². The second kappa shape index (κ2) is 13.5. The van der Waals surface area contributed by atoms with Gasteiger partial charge in [-0.15, -0.1) is 0 Å². The third kappa shape index (κ3) is 5.74. The molecule has 1 unspecified atom stereocenters. The fraction of sp³-hybridized carbons (Fsp3) is 0.154. The van der Waals surface area contributed by atoms with E-state index in [1.165, 1.54) is 88.2 Å². The first-order chi connectivity index (χ1) is 27.0. The van der Waals surface area contributed by atoms with Crippen LogP contribution in [-0.2, 0) is 13.1 Å². The quantitative estimate of drug-likeness (QED) is 0.148. The van der Waals surface area contributed by atoms with Gasteiger partial charge in [0.1, 0.15) is 6.67 Å². The molecule has 0 saturated carbocycles. The van der Waals surface area contributed by atoms with Crippen molar-refractivity contribution in [2.24, 2.45) is 15.9 Å². The first-order valence-corrected chi connectivity index (χ1v) is 19.6. The number of aliphatic imine (C=N–C) groups is 2. The Morgan fingerprint density at radius 1 is 0.745 bits per heavy atom. The number of hydrogen-bond donors (Lipinski definition) is 0. The summed E-state index contributed by atoms with van der Waals surface area (Å²) < 4.78 is 2.41. The molecule has 10 rings (SSSR count). The summed E-state index contributed by atoms with van der Waals surface area (Å²) >= 11 is 0. The second-order valence-electron chi connectivity index (χ2n) is 15.4. The van der Waals surface area contributed by atoms with Crippen LogP contribution in [0.3, 0.4) is 0 Å². The predicted molar refractivity (Wildman–Crippen MR) is 234 cm³/mol. The molecule has 3 aliphatic rings. The van der Waals surface area contributed by atoms with Crippen LogP contribution >= 0.6 is 0 Å². The number of fused-ring (bicyclic) bond motifs is 8. The van der Waals surface area contributed by atoms with Gasteiger partial charge in [-0.3, -0.25) is 9.98 Å². The molecule has 1 aromatic heterocycles. The molecule has 3 heteroatoms. The standard InChI is InChI=1S/C52H43N3/c1-33-16-25-47(53-3)45(28-33)52(38-19-17-36(18-20-38)35-11-5-4-6-12-35)54-32-55-48-26-24-40(31-46(48)51-43-15-8-7-13-37(43)23-27-49(51)55)39-21-22-41-29-42-14-9-10-34(2)50(42)44(41)30-39/h4-15,17,19,21-28,30-31,33H,3,16,18,20,29,32H2,1-2H3/b54-52-. The highest BCUT2D eigenvalue weighted by Crippen LogP contribution is 2.43. The highest BCUT2D eigenvalue weighted by molar-refractivity contribution is 6.21. The molecule has 1 heterocycles. The fourth-order valence-electron chi connectivity index (χ4n) is 9.23. The molecule has 55 heavy (non-hydrogen) atoms. The van der Waals surface area contributed by atoms with E-state index in [0.717, 1.165) is 42.7 Å². The summed E-state index contributed by atoms with van der Waals surface area (Å²) in [5, 5.41) is 5.04. The van der Waals surface area contributed by atoms with Crippen molar-refractivity contribution in [2.75, 3.05) is 0 Å². The molecule has 0 N–H and O–H groups in total. The molecule has 0 amide bonds. The third-order valence-electron chi connectivity index (χ3n) is 12.0. The summed E-state index contributed by atoms with van der Waals surface area (Å²) in [4.78, 5) is 10.1. The maximum Gasteiger partial charge on any atom is 0.115 e. The molecule has 1 atom stereocenters. The number of hydrogen-bond acceptors (Lipinski definition) is 2. The molecule has 0 bridgehead atoms. The number of rotatable bonds is 7. The normalized spacial score (nSPS) is 16.8. The van der Waals surface area contributed by atoms with E-state index in [1.807, 2.05) is 0 Å². The SMILES string of the molecule is C=NC1=CCC(C)C=C1/C(=N\Cn1c2ccc(-c3ccc4c(c3)-c3c(C)cccc3C4)cc2c2c3ccccc3ccc21)C1=CC=C(c2ccccc2)CC1. The van der Waals surface area contributed by atoms with Crippen LogP contribution in [0.4, 0.5) is 0 Å². The number of aromatic nitrogens is 1. The van der Waals surface area contributed by atoms with E-state index in [-0.39, 0.29) is 0 Å². The second-order valence-corrected chi connectivity index (χ2v) is 15.4. The van der Waals surface area contributed by atoms with E-state index in [0.29, 0.717) is 12.6 Å². The maximum absolute atomic E-state index is 5.56. The first kappa shape index (κ1) is 33.3. The van der Waals surface area contributed by atoms with Gasteiger partial charge in [-0.1, -0.05) is 128 Å². The lowest BCUT2D eigenvalue weighted by Gasteiger charge is -2.23. The first-order valence-electron chi connectivity index (χ1n) is 19.6. The molecule has 0 saturated heterocycles. The number of allylic oxidation sites excluding steroid dienone is 7. The van der Waals surface area contributed by atoms with Crippen molar-refractivity contribution in [1.82, 2.24) is 4.57 Å². The smallest absolute Gasteiger partial charge is 0.115 e. The summed E-state index contributed by atoms with van der Waals surface area (Å²) in [5.41, 5.74) is 18.8. The Morgan fingerprint density at radius 3 is 2.42 bits per heavy atom. The number of nitrogens with zero attached hydrogens (tertiary/aromatic N) is 3. The molecule has 0 fully saturated rings. The Hall–Kier alpha value is -6.32. The Bertz CT molecular complexity index is 2870. The van der Waals surface area contributed by atoms with Crippen LogP contribution in [0.15, 0.2) is 172 Å². The van der Waals surface area contributed by atoms with Crippen molar-refractivity contribution in [3.05, 3.63) is 185 Å². The van der Waals surface area contributed by atoms with Crippen molar-refractivity contribution in [2.45, 2.75) is 46.2 Å². The molecule has 6 aromatic carbocycles. The number of benzene rings is 6. The van der Waals surface area contributed by atoms with Gasteiger partial charge >= 0.3 is 0 Å². The van der Waals surface area contributed by atoms with Gasteiger partial charge in [-0.05, 0) is 136 Å². The molecular weight excluding hydrogens is 667 g/mol. The van der Waals surface area contributed by atoms with E-state index < -0.39 is 0 Å². The summed E-state index contributed by atoms with van der Waals surface area (Å²) in [7, 11) is 0. The van der Waals surface area contributed by atoms with Gasteiger partial charge in [-0.25, -0.2) is 0 Å². The van der Waals surface area contributed by atoms with Crippen LogP contribution in [0.1, 0.15) is 48.4 Å². The zero-order valence-electron chi connectivity index (χ0n) is 31.5. The Morgan fingerprint density at radius 2 is 1.56 bits per heavy atom. The average molecular weight is 710 g/mol. The largest absolute Gasteiger partial charge is 0.320 e. The molecule has 3 aliphatic carbocycles. The molecular formula is C52H43N3. The van der Waals surface area contributed by atoms with Gasteiger partial charge in [0.2, 0.25) is 0 Å². The molecule has 7 aromatic rings. The van der Waals surface area contributed by atoms with Crippen LogP contribution in [0, 0.1) is 12.8 Å². The molecule has 266 valence electrons. The zero-order valence-corrected chi connectivity index (χ0v) is 31.5. The van der Waals surface area contributed by atoms with Gasteiger partial charge in [0.25, 0.3) is 0 Å². The third-order valence-corrected chi connectivity index (χ3v) is 12.0. The van der Waals surface area contributed by atoms with E-state index >= 15 is 0 Å². The van der Waals surface area contributed by atoms with Crippen molar-refractivity contribution in [3.63, 3.8) is 0 Å². The van der Waals surface area contributed by atoms with Gasteiger partial charge < -0.3 is 4.57 Å². The van der Waals surface area contributed by atoms with Gasteiger partial charge in [0.05, 0.1) is 22.4 Å². The van der Waals surface area contributed by atoms with Crippen LogP contribution in [0.25, 0.3) is 60.4 Å². The minimum Gasteiger partial charge on any atom is -0.320 e. The fourth-order valence-corrected chi connectivity index (χ4v) is 9.23. The minimum atomic E-state index is 0.403. The lowest BCUT2D eigenvalue weighted by atomic mass is 9.85. The van der Waals surface area contributed by atoms with E-state index in [9.17, 15) is 0 Å². The number of aryl methyl sites for hydroxylation is 1. The van der Waals surface area contributed by atoms with Crippen molar-refractivity contribution in [1.29, 1.82) is 0 Å². The van der Waals surface area contributed by atoms with Crippen molar-refractivity contribution in [3.8, 4) is 22.3 Å². The van der Waals surface area contributed by atoms with Gasteiger partial charge in [0, 0.05) is 16.3 Å². The highest BCUT2D eigenvalue weighted by atomic mass is 15.1. The minimum absolute atomic E-state index is 0.403. The predicted octanol–water partition coefficient (Wildman–Crippen LogP) is 13.2. The summed E-state index contributed by atoms with van der Waals surface area (Å²) in [5.74, 6) is 0.403. The van der Waals surface area contributed by atoms with Crippen LogP contribution in [0.5, 0.6) is 0 Å². The Kier molecular flexibility index (Phi) is 8.17. The lowest BCUT2D eigenvalue weighted by molar-refractivity contribution is 0.724. The van der Waals surface area contributed by atoms with E-state index in [2.05, 4.69) is 176 Å².